The van der Waals surface area contributed by atoms with Crippen LogP contribution in [0, 0.1) is 6.92 Å². The summed E-state index contributed by atoms with van der Waals surface area (Å²) in [5.41, 5.74) is 2.49. The van der Waals surface area contributed by atoms with Crippen molar-refractivity contribution in [1.29, 1.82) is 0 Å². The topological polar surface area (TPSA) is 21.3 Å². The summed E-state index contributed by atoms with van der Waals surface area (Å²) in [4.78, 5) is 0. The van der Waals surface area contributed by atoms with E-state index in [1.165, 1.54) is 11.1 Å². The van der Waals surface area contributed by atoms with E-state index in [-0.39, 0.29) is 11.6 Å². The molecule has 0 saturated carbocycles. The van der Waals surface area contributed by atoms with Gasteiger partial charge in [0.15, 0.2) is 0 Å². The zero-order valence-corrected chi connectivity index (χ0v) is 12.4. The predicted octanol–water partition coefficient (Wildman–Crippen LogP) is 3.85. The Balaban J connectivity index is 3.11. The molecule has 0 saturated heterocycles. The van der Waals surface area contributed by atoms with Crippen molar-refractivity contribution in [2.75, 3.05) is 13.7 Å². The monoisotopic (exact) mass is 249 g/mol. The van der Waals surface area contributed by atoms with Crippen LogP contribution in [0.15, 0.2) is 24.3 Å². The molecule has 0 bridgehead atoms. The summed E-state index contributed by atoms with van der Waals surface area (Å²) < 4.78 is 5.87. The van der Waals surface area contributed by atoms with Gasteiger partial charge in [0.2, 0.25) is 0 Å². The molecule has 1 unspecified atom stereocenters. The first kappa shape index (κ1) is 15.2. The first-order valence-corrected chi connectivity index (χ1v) is 6.98. The SMILES string of the molecule is CCNC(c1ccc(C)cc1)C(CC)(CC)OC. The van der Waals surface area contributed by atoms with Crippen molar-refractivity contribution >= 4 is 0 Å². The van der Waals surface area contributed by atoms with Gasteiger partial charge in [-0.25, -0.2) is 0 Å². The molecular formula is C16H27NO. The van der Waals surface area contributed by atoms with Crippen LogP contribution in [0.1, 0.15) is 50.8 Å². The fraction of sp³-hybridized carbons (Fsp3) is 0.625. The summed E-state index contributed by atoms with van der Waals surface area (Å²) in [5, 5.41) is 3.59. The summed E-state index contributed by atoms with van der Waals surface area (Å²) in [6.45, 7) is 9.61. The largest absolute Gasteiger partial charge is 0.376 e. The number of benzene rings is 1. The fourth-order valence-electron chi connectivity index (χ4n) is 2.64. The van der Waals surface area contributed by atoms with Crippen LogP contribution in [0.5, 0.6) is 0 Å². The minimum absolute atomic E-state index is 0.120. The molecule has 18 heavy (non-hydrogen) atoms. The molecule has 0 radical (unpaired) electrons. The van der Waals surface area contributed by atoms with Gasteiger partial charge >= 0.3 is 0 Å². The van der Waals surface area contributed by atoms with E-state index < -0.39 is 0 Å². The van der Waals surface area contributed by atoms with Crippen molar-refractivity contribution < 1.29 is 4.74 Å². The average Bonchev–Trinajstić information content (AvgIpc) is 2.41. The number of nitrogens with one attached hydrogen (secondary N) is 1. The van der Waals surface area contributed by atoms with Gasteiger partial charge in [0.25, 0.3) is 0 Å². The molecule has 0 aliphatic carbocycles. The Labute approximate surface area is 112 Å². The van der Waals surface area contributed by atoms with Gasteiger partial charge in [-0.3, -0.25) is 0 Å². The number of methoxy groups -OCH3 is 1. The van der Waals surface area contributed by atoms with Crippen molar-refractivity contribution in [2.24, 2.45) is 0 Å². The lowest BCUT2D eigenvalue weighted by atomic mass is 9.83. The molecule has 0 aliphatic rings. The van der Waals surface area contributed by atoms with Gasteiger partial charge in [-0.15, -0.1) is 0 Å². The van der Waals surface area contributed by atoms with Crippen LogP contribution in [0.2, 0.25) is 0 Å². The van der Waals surface area contributed by atoms with Crippen molar-refractivity contribution in [3.05, 3.63) is 35.4 Å². The number of ether oxygens (including phenoxy) is 1. The molecule has 1 N–H and O–H groups in total. The summed E-state index contributed by atoms with van der Waals surface area (Å²) >= 11 is 0. The van der Waals surface area contributed by atoms with E-state index in [9.17, 15) is 0 Å². The highest BCUT2D eigenvalue weighted by Crippen LogP contribution is 2.34. The molecule has 2 nitrogen and oxygen atoms in total. The third-order valence-corrected chi connectivity index (χ3v) is 3.95. The van der Waals surface area contributed by atoms with E-state index in [0.717, 1.165) is 19.4 Å². The predicted molar refractivity (Wildman–Crippen MR) is 77.9 cm³/mol. The van der Waals surface area contributed by atoms with E-state index in [2.05, 4.69) is 57.3 Å². The van der Waals surface area contributed by atoms with Gasteiger partial charge in [-0.05, 0) is 31.9 Å². The lowest BCUT2D eigenvalue weighted by Crippen LogP contribution is -2.44. The smallest absolute Gasteiger partial charge is 0.0867 e. The fourth-order valence-corrected chi connectivity index (χ4v) is 2.64. The number of likely N-dealkylation sites (N-methyl/N-ethyl adjacent to an activating group) is 1. The summed E-state index contributed by atoms with van der Waals surface area (Å²) in [5.74, 6) is 0. The zero-order chi connectivity index (χ0) is 13.6. The van der Waals surface area contributed by atoms with Gasteiger partial charge < -0.3 is 10.1 Å². The Hall–Kier alpha value is -0.860. The molecule has 0 spiro atoms. The molecule has 0 amide bonds. The lowest BCUT2D eigenvalue weighted by Gasteiger charge is -2.39. The third kappa shape index (κ3) is 3.12. The summed E-state index contributed by atoms with van der Waals surface area (Å²) in [7, 11) is 1.82. The van der Waals surface area contributed by atoms with Crippen molar-refractivity contribution in [1.82, 2.24) is 5.32 Å². The molecule has 0 aromatic heterocycles. The van der Waals surface area contributed by atoms with Crippen LogP contribution < -0.4 is 5.32 Å². The van der Waals surface area contributed by atoms with Gasteiger partial charge in [-0.1, -0.05) is 50.6 Å². The van der Waals surface area contributed by atoms with Crippen LogP contribution >= 0.6 is 0 Å². The first-order chi connectivity index (χ1) is 8.63. The Morgan fingerprint density at radius 1 is 1.11 bits per heavy atom. The second-order valence-corrected chi connectivity index (χ2v) is 4.88. The molecule has 1 aromatic rings. The number of rotatable bonds is 7. The minimum atomic E-state index is -0.120. The maximum atomic E-state index is 5.87. The molecule has 0 heterocycles. The Morgan fingerprint density at radius 3 is 2.06 bits per heavy atom. The van der Waals surface area contributed by atoms with Gasteiger partial charge in [0.05, 0.1) is 11.6 Å². The highest BCUT2D eigenvalue weighted by molar-refractivity contribution is 5.26. The molecule has 1 aromatic carbocycles. The zero-order valence-electron chi connectivity index (χ0n) is 12.4. The number of hydrogen-bond donors (Lipinski definition) is 1. The molecular weight excluding hydrogens is 222 g/mol. The van der Waals surface area contributed by atoms with Crippen molar-refractivity contribution in [3.63, 3.8) is 0 Å². The van der Waals surface area contributed by atoms with Crippen LogP contribution in [-0.4, -0.2) is 19.3 Å². The van der Waals surface area contributed by atoms with Crippen LogP contribution in [0.4, 0.5) is 0 Å². The van der Waals surface area contributed by atoms with Crippen molar-refractivity contribution in [3.8, 4) is 0 Å². The quantitative estimate of drug-likeness (QED) is 0.792. The van der Waals surface area contributed by atoms with Gasteiger partial charge in [0.1, 0.15) is 0 Å². The molecule has 0 aliphatic heterocycles. The minimum Gasteiger partial charge on any atom is -0.376 e. The third-order valence-electron chi connectivity index (χ3n) is 3.95. The highest BCUT2D eigenvalue weighted by atomic mass is 16.5. The maximum absolute atomic E-state index is 5.87. The second kappa shape index (κ2) is 6.91. The van der Waals surface area contributed by atoms with Gasteiger partial charge in [-0.2, -0.15) is 0 Å². The molecule has 1 atom stereocenters. The average molecular weight is 249 g/mol. The Morgan fingerprint density at radius 2 is 1.67 bits per heavy atom. The first-order valence-electron chi connectivity index (χ1n) is 6.98. The molecule has 1 rings (SSSR count). The summed E-state index contributed by atoms with van der Waals surface area (Å²) in [6.07, 6.45) is 2.01. The Kier molecular flexibility index (Phi) is 5.83. The van der Waals surface area contributed by atoms with Crippen LogP contribution in [0.25, 0.3) is 0 Å². The molecule has 2 heteroatoms. The van der Waals surface area contributed by atoms with E-state index in [0.29, 0.717) is 0 Å². The maximum Gasteiger partial charge on any atom is 0.0867 e. The van der Waals surface area contributed by atoms with E-state index in [1.807, 2.05) is 7.11 Å². The standard InChI is InChI=1S/C16H27NO/c1-6-16(7-2,18-5)15(17-8-3)14-11-9-13(4)10-12-14/h9-12,15,17H,6-8H2,1-5H3. The van der Waals surface area contributed by atoms with Crippen LogP contribution in [0.3, 0.4) is 0 Å². The van der Waals surface area contributed by atoms with Crippen molar-refractivity contribution in [2.45, 2.75) is 52.2 Å². The molecule has 0 fully saturated rings. The van der Waals surface area contributed by atoms with E-state index in [4.69, 9.17) is 4.74 Å². The molecule has 102 valence electrons. The van der Waals surface area contributed by atoms with Crippen LogP contribution in [-0.2, 0) is 4.74 Å². The van der Waals surface area contributed by atoms with E-state index >= 15 is 0 Å². The van der Waals surface area contributed by atoms with E-state index in [1.54, 1.807) is 0 Å². The Bertz CT molecular complexity index is 332. The number of hydrogen-bond acceptors (Lipinski definition) is 2. The normalized spacial score (nSPS) is 13.6. The highest BCUT2D eigenvalue weighted by Gasteiger charge is 2.36. The lowest BCUT2D eigenvalue weighted by molar-refractivity contribution is -0.0482. The van der Waals surface area contributed by atoms with Gasteiger partial charge in [0, 0.05) is 7.11 Å². The number of aryl methyl sites for hydroxylation is 1. The summed E-state index contributed by atoms with van der Waals surface area (Å²) in [6, 6.07) is 9.02. The second-order valence-electron chi connectivity index (χ2n) is 4.88.